The second-order valence-corrected chi connectivity index (χ2v) is 6.22. The fraction of sp³-hybridized carbons (Fsp3) is 0.167. The van der Waals surface area contributed by atoms with Crippen LogP contribution in [0.5, 0.6) is 5.75 Å². The molecule has 2 heterocycles. The van der Waals surface area contributed by atoms with Crippen LogP contribution in [0.4, 0.5) is 5.13 Å². The molecule has 0 aliphatic carbocycles. The van der Waals surface area contributed by atoms with E-state index in [1.807, 2.05) is 49.6 Å². The molecular weight excluding hydrogens is 322 g/mol. The number of aryl methyl sites for hydroxylation is 2. The summed E-state index contributed by atoms with van der Waals surface area (Å²) in [6.45, 7) is 3.86. The molecule has 1 amide bonds. The number of amides is 1. The quantitative estimate of drug-likeness (QED) is 0.778. The lowest BCUT2D eigenvalue weighted by Crippen LogP contribution is -2.13. The maximum atomic E-state index is 12.3. The minimum absolute atomic E-state index is 0.268. The Hall–Kier alpha value is -2.73. The van der Waals surface area contributed by atoms with Gasteiger partial charge in [0.2, 0.25) is 0 Å². The summed E-state index contributed by atoms with van der Waals surface area (Å²) >= 11 is 1.37. The molecule has 0 aliphatic heterocycles. The van der Waals surface area contributed by atoms with Crippen molar-refractivity contribution in [3.63, 3.8) is 0 Å². The van der Waals surface area contributed by atoms with Crippen LogP contribution in [0.15, 0.2) is 41.8 Å². The largest absolute Gasteiger partial charge is 0.496 e. The van der Waals surface area contributed by atoms with Crippen LogP contribution in [0.2, 0.25) is 0 Å². The molecule has 0 bridgehead atoms. The summed E-state index contributed by atoms with van der Waals surface area (Å²) in [7, 11) is 1.63. The third kappa shape index (κ3) is 3.44. The SMILES string of the molecule is COc1ccc(C)cc1-c1csc(NC(=O)c2cccc(C)n2)n1. The van der Waals surface area contributed by atoms with Gasteiger partial charge in [0.25, 0.3) is 5.91 Å². The summed E-state index contributed by atoms with van der Waals surface area (Å²) in [5, 5.41) is 5.22. The molecule has 0 fully saturated rings. The van der Waals surface area contributed by atoms with Gasteiger partial charge in [-0.3, -0.25) is 10.1 Å². The van der Waals surface area contributed by atoms with Gasteiger partial charge in [0.1, 0.15) is 11.4 Å². The third-order valence-corrected chi connectivity index (χ3v) is 4.23. The molecule has 0 saturated carbocycles. The van der Waals surface area contributed by atoms with Gasteiger partial charge in [0, 0.05) is 16.6 Å². The molecule has 0 spiro atoms. The van der Waals surface area contributed by atoms with Crippen LogP contribution in [-0.4, -0.2) is 23.0 Å². The van der Waals surface area contributed by atoms with Crippen LogP contribution in [0.1, 0.15) is 21.7 Å². The maximum Gasteiger partial charge on any atom is 0.276 e. The van der Waals surface area contributed by atoms with Crippen LogP contribution in [0, 0.1) is 13.8 Å². The van der Waals surface area contributed by atoms with E-state index >= 15 is 0 Å². The van der Waals surface area contributed by atoms with Gasteiger partial charge >= 0.3 is 0 Å². The monoisotopic (exact) mass is 339 g/mol. The molecule has 6 heteroatoms. The molecule has 24 heavy (non-hydrogen) atoms. The molecule has 5 nitrogen and oxygen atoms in total. The Balaban J connectivity index is 1.84. The molecule has 0 unspecified atom stereocenters. The molecule has 122 valence electrons. The first kappa shape index (κ1) is 16.1. The Morgan fingerprint density at radius 2 is 2.00 bits per heavy atom. The number of hydrogen-bond donors (Lipinski definition) is 1. The van der Waals surface area contributed by atoms with E-state index in [2.05, 4.69) is 15.3 Å². The summed E-state index contributed by atoms with van der Waals surface area (Å²) in [6.07, 6.45) is 0. The topological polar surface area (TPSA) is 64.1 Å². The molecule has 3 aromatic rings. The summed E-state index contributed by atoms with van der Waals surface area (Å²) in [6, 6.07) is 11.3. The summed E-state index contributed by atoms with van der Waals surface area (Å²) in [5.41, 5.74) is 3.97. The highest BCUT2D eigenvalue weighted by Gasteiger charge is 2.13. The van der Waals surface area contributed by atoms with E-state index in [1.54, 1.807) is 13.2 Å². The molecule has 2 aromatic heterocycles. The maximum absolute atomic E-state index is 12.3. The smallest absolute Gasteiger partial charge is 0.276 e. The molecule has 0 radical (unpaired) electrons. The average Bonchev–Trinajstić information content (AvgIpc) is 3.03. The first-order chi connectivity index (χ1) is 11.6. The van der Waals surface area contributed by atoms with Crippen molar-refractivity contribution in [3.05, 3.63) is 58.7 Å². The van der Waals surface area contributed by atoms with E-state index in [1.165, 1.54) is 11.3 Å². The lowest BCUT2D eigenvalue weighted by molar-refractivity contribution is 0.102. The van der Waals surface area contributed by atoms with Gasteiger partial charge in [-0.2, -0.15) is 0 Å². The van der Waals surface area contributed by atoms with E-state index in [9.17, 15) is 4.79 Å². The van der Waals surface area contributed by atoms with E-state index in [0.29, 0.717) is 10.8 Å². The molecule has 1 N–H and O–H groups in total. The number of rotatable bonds is 4. The van der Waals surface area contributed by atoms with Crippen LogP contribution < -0.4 is 10.1 Å². The van der Waals surface area contributed by atoms with Gasteiger partial charge in [0.15, 0.2) is 5.13 Å². The number of methoxy groups -OCH3 is 1. The normalized spacial score (nSPS) is 10.5. The zero-order valence-corrected chi connectivity index (χ0v) is 14.5. The van der Waals surface area contributed by atoms with E-state index in [0.717, 1.165) is 28.3 Å². The Morgan fingerprint density at radius 1 is 1.17 bits per heavy atom. The minimum Gasteiger partial charge on any atom is -0.496 e. The van der Waals surface area contributed by atoms with E-state index in [4.69, 9.17) is 4.74 Å². The van der Waals surface area contributed by atoms with Gasteiger partial charge < -0.3 is 4.74 Å². The van der Waals surface area contributed by atoms with Crippen molar-refractivity contribution in [1.82, 2.24) is 9.97 Å². The van der Waals surface area contributed by atoms with Crippen molar-refractivity contribution in [1.29, 1.82) is 0 Å². The standard InChI is InChI=1S/C18H17N3O2S/c1-11-7-8-16(23-3)13(9-11)15-10-24-18(20-15)21-17(22)14-6-4-5-12(2)19-14/h4-10H,1-3H3,(H,20,21,22). The van der Waals surface area contributed by atoms with Crippen molar-refractivity contribution in [3.8, 4) is 17.0 Å². The van der Waals surface area contributed by atoms with Crippen LogP contribution >= 0.6 is 11.3 Å². The number of carbonyl (C=O) groups is 1. The Kier molecular flexibility index (Phi) is 4.57. The first-order valence-electron chi connectivity index (χ1n) is 7.42. The molecule has 0 aliphatic rings. The number of pyridine rings is 1. The fourth-order valence-corrected chi connectivity index (χ4v) is 3.01. The molecule has 3 rings (SSSR count). The Morgan fingerprint density at radius 3 is 2.75 bits per heavy atom. The summed E-state index contributed by atoms with van der Waals surface area (Å²) < 4.78 is 5.39. The molecule has 0 atom stereocenters. The highest BCUT2D eigenvalue weighted by Crippen LogP contribution is 2.33. The zero-order chi connectivity index (χ0) is 17.1. The average molecular weight is 339 g/mol. The lowest BCUT2D eigenvalue weighted by Gasteiger charge is -2.07. The minimum atomic E-state index is -0.268. The number of carbonyl (C=O) groups excluding carboxylic acids is 1. The molecular formula is C18H17N3O2S. The van der Waals surface area contributed by atoms with Crippen molar-refractivity contribution >= 4 is 22.4 Å². The van der Waals surface area contributed by atoms with E-state index < -0.39 is 0 Å². The third-order valence-electron chi connectivity index (χ3n) is 3.48. The van der Waals surface area contributed by atoms with Gasteiger partial charge in [-0.25, -0.2) is 9.97 Å². The number of benzene rings is 1. The van der Waals surface area contributed by atoms with Crippen molar-refractivity contribution < 1.29 is 9.53 Å². The summed E-state index contributed by atoms with van der Waals surface area (Å²) in [4.78, 5) is 21.0. The fourth-order valence-electron chi connectivity index (χ4n) is 2.31. The zero-order valence-electron chi connectivity index (χ0n) is 13.7. The first-order valence-corrected chi connectivity index (χ1v) is 8.30. The molecule has 1 aromatic carbocycles. The number of anilines is 1. The number of thiazole rings is 1. The Labute approximate surface area is 144 Å². The predicted octanol–water partition coefficient (Wildman–Crippen LogP) is 4.08. The number of nitrogens with zero attached hydrogens (tertiary/aromatic N) is 2. The molecule has 0 saturated heterocycles. The van der Waals surface area contributed by atoms with Gasteiger partial charge in [-0.15, -0.1) is 11.3 Å². The second kappa shape index (κ2) is 6.80. The van der Waals surface area contributed by atoms with Crippen LogP contribution in [-0.2, 0) is 0 Å². The lowest BCUT2D eigenvalue weighted by atomic mass is 10.1. The van der Waals surface area contributed by atoms with Crippen LogP contribution in [0.3, 0.4) is 0 Å². The highest BCUT2D eigenvalue weighted by molar-refractivity contribution is 7.14. The Bertz CT molecular complexity index is 889. The van der Waals surface area contributed by atoms with Gasteiger partial charge in [-0.05, 0) is 38.1 Å². The predicted molar refractivity (Wildman–Crippen MR) is 95.8 cm³/mol. The number of nitrogens with one attached hydrogen (secondary N) is 1. The van der Waals surface area contributed by atoms with Crippen LogP contribution in [0.25, 0.3) is 11.3 Å². The highest BCUT2D eigenvalue weighted by atomic mass is 32.1. The number of aromatic nitrogens is 2. The number of ether oxygens (including phenoxy) is 1. The van der Waals surface area contributed by atoms with Crippen molar-refractivity contribution in [2.45, 2.75) is 13.8 Å². The second-order valence-electron chi connectivity index (χ2n) is 5.36. The van der Waals surface area contributed by atoms with Gasteiger partial charge in [-0.1, -0.05) is 17.7 Å². The summed E-state index contributed by atoms with van der Waals surface area (Å²) in [5.74, 6) is 0.486. The number of hydrogen-bond acceptors (Lipinski definition) is 5. The van der Waals surface area contributed by atoms with Crippen molar-refractivity contribution in [2.24, 2.45) is 0 Å². The van der Waals surface area contributed by atoms with E-state index in [-0.39, 0.29) is 5.91 Å². The van der Waals surface area contributed by atoms with Gasteiger partial charge in [0.05, 0.1) is 12.8 Å². The van der Waals surface area contributed by atoms with Crippen molar-refractivity contribution in [2.75, 3.05) is 12.4 Å².